The zero-order valence-corrected chi connectivity index (χ0v) is 22.3. The van der Waals surface area contributed by atoms with Crippen molar-refractivity contribution in [3.63, 3.8) is 0 Å². The Morgan fingerprint density at radius 1 is 1.05 bits per heavy atom. The van der Waals surface area contributed by atoms with E-state index in [4.69, 9.17) is 0 Å². The van der Waals surface area contributed by atoms with Gasteiger partial charge in [0.25, 0.3) is 0 Å². The fourth-order valence-electron chi connectivity index (χ4n) is 6.34. The van der Waals surface area contributed by atoms with Gasteiger partial charge in [-0.15, -0.1) is 0 Å². The van der Waals surface area contributed by atoms with Crippen molar-refractivity contribution in [2.75, 3.05) is 27.2 Å². The van der Waals surface area contributed by atoms with E-state index in [2.05, 4.69) is 29.3 Å². The number of rotatable bonds is 7. The molecule has 4 atom stereocenters. The number of carbonyl (C=O) groups excluding carboxylic acids is 2. The molecule has 2 aliphatic rings. The van der Waals surface area contributed by atoms with Gasteiger partial charge in [0.05, 0.1) is 6.04 Å². The lowest BCUT2D eigenvalue weighted by Gasteiger charge is -2.36. The predicted octanol–water partition coefficient (Wildman–Crippen LogP) is 5.38. The monoisotopic (exact) mass is 511 g/mol. The van der Waals surface area contributed by atoms with Gasteiger partial charge in [0.1, 0.15) is 11.6 Å². The molecule has 1 aliphatic heterocycles. The SMILES string of the molecule is CC[C@H](NC(C)=O)c1ccccc1C1CCN(C(=O)C2C[C@H](N(C)C)CC2c2ccc(F)cc2F)CC1. The quantitative estimate of drug-likeness (QED) is 0.543. The molecule has 37 heavy (non-hydrogen) atoms. The van der Waals surface area contributed by atoms with Gasteiger partial charge in [0, 0.05) is 38.0 Å². The van der Waals surface area contributed by atoms with Crippen molar-refractivity contribution in [3.8, 4) is 0 Å². The van der Waals surface area contributed by atoms with E-state index < -0.39 is 11.6 Å². The summed E-state index contributed by atoms with van der Waals surface area (Å²) < 4.78 is 28.3. The third-order valence-electron chi connectivity index (χ3n) is 8.35. The zero-order valence-electron chi connectivity index (χ0n) is 22.3. The van der Waals surface area contributed by atoms with Gasteiger partial charge in [-0.3, -0.25) is 9.59 Å². The number of nitrogens with one attached hydrogen (secondary N) is 1. The Kier molecular flexibility index (Phi) is 8.63. The number of nitrogens with zero attached hydrogens (tertiary/aromatic N) is 2. The molecule has 1 saturated carbocycles. The highest BCUT2D eigenvalue weighted by atomic mass is 19.1. The molecule has 5 nitrogen and oxygen atoms in total. The summed E-state index contributed by atoms with van der Waals surface area (Å²) in [6.45, 7) is 4.92. The summed E-state index contributed by atoms with van der Waals surface area (Å²) in [7, 11) is 3.98. The van der Waals surface area contributed by atoms with Crippen LogP contribution in [0.5, 0.6) is 0 Å². The number of hydrogen-bond donors (Lipinski definition) is 1. The molecule has 2 fully saturated rings. The molecule has 0 radical (unpaired) electrons. The number of benzene rings is 2. The van der Waals surface area contributed by atoms with Gasteiger partial charge in [0.15, 0.2) is 0 Å². The Bertz CT molecular complexity index is 1110. The molecule has 2 aromatic rings. The van der Waals surface area contributed by atoms with Crippen molar-refractivity contribution in [1.82, 2.24) is 15.1 Å². The maximum Gasteiger partial charge on any atom is 0.226 e. The van der Waals surface area contributed by atoms with E-state index in [0.29, 0.717) is 37.4 Å². The van der Waals surface area contributed by atoms with Crippen LogP contribution in [0, 0.1) is 17.6 Å². The minimum Gasteiger partial charge on any atom is -0.350 e. The minimum atomic E-state index is -0.600. The molecule has 2 unspecified atom stereocenters. The Balaban J connectivity index is 1.49. The first-order chi connectivity index (χ1) is 17.7. The Morgan fingerprint density at radius 2 is 1.76 bits per heavy atom. The van der Waals surface area contributed by atoms with Crippen molar-refractivity contribution in [2.45, 2.75) is 69.9 Å². The van der Waals surface area contributed by atoms with E-state index in [1.165, 1.54) is 17.7 Å². The predicted molar refractivity (Wildman–Crippen MR) is 141 cm³/mol. The maximum atomic E-state index is 14.8. The fraction of sp³-hybridized carbons (Fsp3) is 0.533. The number of piperidine rings is 1. The second-order valence-corrected chi connectivity index (χ2v) is 10.9. The number of carbonyl (C=O) groups is 2. The molecule has 2 amide bonds. The topological polar surface area (TPSA) is 52.7 Å². The lowest BCUT2D eigenvalue weighted by Crippen LogP contribution is -2.42. The average molecular weight is 512 g/mol. The normalized spacial score (nSPS) is 23.3. The average Bonchev–Trinajstić information content (AvgIpc) is 3.32. The zero-order chi connectivity index (χ0) is 26.7. The Hall–Kier alpha value is -2.80. The summed E-state index contributed by atoms with van der Waals surface area (Å²) in [4.78, 5) is 29.6. The number of likely N-dealkylation sites (tertiary alicyclic amines) is 1. The van der Waals surface area contributed by atoms with Crippen LogP contribution in [-0.4, -0.2) is 54.8 Å². The maximum absolute atomic E-state index is 14.8. The van der Waals surface area contributed by atoms with E-state index in [1.807, 2.05) is 31.1 Å². The first kappa shape index (κ1) is 27.2. The molecule has 1 saturated heterocycles. The first-order valence-corrected chi connectivity index (χ1v) is 13.5. The van der Waals surface area contributed by atoms with E-state index in [-0.39, 0.29) is 35.7 Å². The van der Waals surface area contributed by atoms with E-state index in [9.17, 15) is 18.4 Å². The van der Waals surface area contributed by atoms with Crippen molar-refractivity contribution in [1.29, 1.82) is 0 Å². The lowest BCUT2D eigenvalue weighted by atomic mass is 9.83. The molecule has 0 bridgehead atoms. The van der Waals surface area contributed by atoms with Gasteiger partial charge in [-0.2, -0.15) is 0 Å². The molecule has 1 aliphatic carbocycles. The molecule has 7 heteroatoms. The standard InChI is InChI=1S/C30H39F2N3O2/c1-5-29(33-19(2)36)25-9-7-6-8-23(25)20-12-14-35(15-13-20)30(37)27-18-22(34(3)4)17-26(27)24-11-10-21(31)16-28(24)32/h6-11,16,20,22,26-27,29H,5,12-15,17-18H2,1-4H3,(H,33,36)/t22-,26?,27?,29+/m1/s1. The van der Waals surface area contributed by atoms with Crippen molar-refractivity contribution < 1.29 is 18.4 Å². The molecule has 1 heterocycles. The molecule has 0 spiro atoms. The third kappa shape index (κ3) is 6.03. The number of halogens is 2. The third-order valence-corrected chi connectivity index (χ3v) is 8.35. The van der Waals surface area contributed by atoms with Crippen LogP contribution in [0.3, 0.4) is 0 Å². The summed E-state index contributed by atoms with van der Waals surface area (Å²) >= 11 is 0. The van der Waals surface area contributed by atoms with Crippen LogP contribution in [0.15, 0.2) is 42.5 Å². The Labute approximate surface area is 219 Å². The second kappa shape index (κ2) is 11.7. The van der Waals surface area contributed by atoms with Crippen LogP contribution in [0.4, 0.5) is 8.78 Å². The van der Waals surface area contributed by atoms with Crippen molar-refractivity contribution in [2.24, 2.45) is 5.92 Å². The smallest absolute Gasteiger partial charge is 0.226 e. The summed E-state index contributed by atoms with van der Waals surface area (Å²) in [6.07, 6.45) is 3.85. The highest BCUT2D eigenvalue weighted by Gasteiger charge is 2.43. The Morgan fingerprint density at radius 3 is 2.38 bits per heavy atom. The molecule has 4 rings (SSSR count). The minimum absolute atomic E-state index is 0.0267. The van der Waals surface area contributed by atoms with Gasteiger partial charge >= 0.3 is 0 Å². The summed E-state index contributed by atoms with van der Waals surface area (Å²) in [5.74, 6) is -1.40. The molecular formula is C30H39F2N3O2. The van der Waals surface area contributed by atoms with Gasteiger partial charge in [-0.05, 0) is 80.8 Å². The largest absolute Gasteiger partial charge is 0.350 e. The molecule has 200 valence electrons. The van der Waals surface area contributed by atoms with Crippen LogP contribution in [-0.2, 0) is 9.59 Å². The van der Waals surface area contributed by atoms with Crippen molar-refractivity contribution >= 4 is 11.8 Å². The van der Waals surface area contributed by atoms with E-state index in [1.54, 1.807) is 6.92 Å². The number of hydrogen-bond acceptors (Lipinski definition) is 3. The molecule has 0 aromatic heterocycles. The van der Waals surface area contributed by atoms with Crippen LogP contribution in [0.2, 0.25) is 0 Å². The second-order valence-electron chi connectivity index (χ2n) is 10.9. The summed E-state index contributed by atoms with van der Waals surface area (Å²) in [5, 5.41) is 3.07. The van der Waals surface area contributed by atoms with Crippen LogP contribution in [0.25, 0.3) is 0 Å². The van der Waals surface area contributed by atoms with Crippen molar-refractivity contribution in [3.05, 3.63) is 70.8 Å². The van der Waals surface area contributed by atoms with Gasteiger partial charge in [-0.25, -0.2) is 8.78 Å². The first-order valence-electron chi connectivity index (χ1n) is 13.5. The van der Waals surface area contributed by atoms with E-state index >= 15 is 0 Å². The van der Waals surface area contributed by atoms with Gasteiger partial charge in [-0.1, -0.05) is 37.3 Å². The highest BCUT2D eigenvalue weighted by molar-refractivity contribution is 5.80. The van der Waals surface area contributed by atoms with Crippen LogP contribution in [0.1, 0.15) is 80.5 Å². The summed E-state index contributed by atoms with van der Waals surface area (Å²) in [5.41, 5.74) is 2.84. The van der Waals surface area contributed by atoms with Gasteiger partial charge in [0.2, 0.25) is 11.8 Å². The fourth-order valence-corrected chi connectivity index (χ4v) is 6.34. The van der Waals surface area contributed by atoms with E-state index in [0.717, 1.165) is 30.9 Å². The molecular weight excluding hydrogens is 472 g/mol. The van der Waals surface area contributed by atoms with Crippen LogP contribution < -0.4 is 5.32 Å². The summed E-state index contributed by atoms with van der Waals surface area (Å²) in [6, 6.07) is 12.2. The highest BCUT2D eigenvalue weighted by Crippen LogP contribution is 2.44. The lowest BCUT2D eigenvalue weighted by molar-refractivity contribution is -0.137. The molecule has 2 aromatic carbocycles. The van der Waals surface area contributed by atoms with Gasteiger partial charge < -0.3 is 15.1 Å². The van der Waals surface area contributed by atoms with Crippen LogP contribution >= 0.6 is 0 Å². The number of amides is 2. The molecule has 1 N–H and O–H groups in total.